The predicted molar refractivity (Wildman–Crippen MR) is 156 cm³/mol. The summed E-state index contributed by atoms with van der Waals surface area (Å²) in [5.74, 6) is -0.610. The Labute approximate surface area is 256 Å². The standard InChI is InChI=1S/C29H28F3N5O7S/c1-4-14-34-45(41,42)25-16-22(37(39)40)10-13-24(25)44-28-18(2)26(35-36(28)21-8-11-23(43-3)12-9-21)27(38)33-17-19-6-5-7-20(15-19)29(30,31)32/h5-13,15-16,34H,4,14,17H2,1-3H3,(H,33,38). The average Bonchev–Trinajstić information content (AvgIpc) is 3.34. The fourth-order valence-corrected chi connectivity index (χ4v) is 5.44. The van der Waals surface area contributed by atoms with E-state index in [1.165, 1.54) is 30.8 Å². The van der Waals surface area contributed by atoms with Crippen molar-refractivity contribution in [2.75, 3.05) is 13.7 Å². The minimum Gasteiger partial charge on any atom is -0.497 e. The number of rotatable bonds is 12. The van der Waals surface area contributed by atoms with E-state index in [1.807, 2.05) is 0 Å². The van der Waals surface area contributed by atoms with E-state index in [1.54, 1.807) is 31.2 Å². The molecule has 0 aliphatic heterocycles. The molecule has 0 aliphatic rings. The number of hydrogen-bond donors (Lipinski definition) is 2. The zero-order chi connectivity index (χ0) is 32.9. The van der Waals surface area contributed by atoms with Gasteiger partial charge >= 0.3 is 6.18 Å². The van der Waals surface area contributed by atoms with Gasteiger partial charge in [-0.15, -0.1) is 0 Å². The number of nitrogens with zero attached hydrogens (tertiary/aromatic N) is 3. The highest BCUT2D eigenvalue weighted by atomic mass is 32.2. The largest absolute Gasteiger partial charge is 0.497 e. The van der Waals surface area contributed by atoms with Crippen LogP contribution in [0.25, 0.3) is 5.69 Å². The number of sulfonamides is 1. The maximum Gasteiger partial charge on any atom is 0.416 e. The number of nitro groups is 1. The van der Waals surface area contributed by atoms with Gasteiger partial charge in [0, 0.05) is 30.8 Å². The number of alkyl halides is 3. The van der Waals surface area contributed by atoms with Crippen LogP contribution in [0.1, 0.15) is 40.5 Å². The summed E-state index contributed by atoms with van der Waals surface area (Å²) in [6.45, 7) is 3.03. The van der Waals surface area contributed by atoms with Crippen LogP contribution in [0.2, 0.25) is 0 Å². The Kier molecular flexibility index (Phi) is 9.78. The quantitative estimate of drug-likeness (QED) is 0.150. The SMILES string of the molecule is CCCNS(=O)(=O)c1cc([N+](=O)[O-])ccc1Oc1c(C)c(C(=O)NCc2cccc(C(F)(F)F)c2)nn1-c1ccc(OC)cc1. The summed E-state index contributed by atoms with van der Waals surface area (Å²) in [5, 5.41) is 18.4. The van der Waals surface area contributed by atoms with Crippen molar-refractivity contribution in [1.29, 1.82) is 0 Å². The second kappa shape index (κ2) is 13.4. The first-order valence-corrected chi connectivity index (χ1v) is 14.9. The Morgan fingerprint density at radius 3 is 2.42 bits per heavy atom. The zero-order valence-corrected chi connectivity index (χ0v) is 25.0. The van der Waals surface area contributed by atoms with E-state index < -0.39 is 43.2 Å². The molecular weight excluding hydrogens is 619 g/mol. The fourth-order valence-electron chi connectivity index (χ4n) is 4.16. The molecule has 2 N–H and O–H groups in total. The molecule has 0 saturated heterocycles. The number of amides is 1. The van der Waals surface area contributed by atoms with Crippen molar-refractivity contribution in [3.63, 3.8) is 0 Å². The molecule has 16 heteroatoms. The van der Waals surface area contributed by atoms with Gasteiger partial charge in [0.25, 0.3) is 11.6 Å². The van der Waals surface area contributed by atoms with Crippen LogP contribution < -0.4 is 19.5 Å². The Morgan fingerprint density at radius 1 is 1.09 bits per heavy atom. The molecule has 4 rings (SSSR count). The Morgan fingerprint density at radius 2 is 1.80 bits per heavy atom. The van der Waals surface area contributed by atoms with Gasteiger partial charge < -0.3 is 14.8 Å². The molecule has 0 radical (unpaired) electrons. The number of non-ortho nitro benzene ring substituents is 1. The van der Waals surface area contributed by atoms with E-state index in [9.17, 15) is 36.5 Å². The first kappa shape index (κ1) is 32.9. The van der Waals surface area contributed by atoms with Crippen LogP contribution in [0.15, 0.2) is 71.6 Å². The molecule has 0 saturated carbocycles. The van der Waals surface area contributed by atoms with Crippen molar-refractivity contribution >= 4 is 21.6 Å². The van der Waals surface area contributed by atoms with Gasteiger partial charge in [-0.1, -0.05) is 19.1 Å². The number of carbonyl (C=O) groups excluding carboxylic acids is 1. The molecule has 4 aromatic rings. The number of nitrogens with one attached hydrogen (secondary N) is 2. The van der Waals surface area contributed by atoms with E-state index >= 15 is 0 Å². The minimum atomic E-state index is -4.56. The molecule has 0 bridgehead atoms. The fraction of sp³-hybridized carbons (Fsp3) is 0.241. The molecule has 0 aliphatic carbocycles. The highest BCUT2D eigenvalue weighted by Gasteiger charge is 2.31. The third-order valence-corrected chi connectivity index (χ3v) is 7.97. The average molecular weight is 648 g/mol. The van der Waals surface area contributed by atoms with Gasteiger partial charge in [-0.2, -0.15) is 23.0 Å². The van der Waals surface area contributed by atoms with Gasteiger partial charge in [0.05, 0.1) is 23.3 Å². The molecule has 0 atom stereocenters. The van der Waals surface area contributed by atoms with Gasteiger partial charge in [-0.05, 0) is 61.4 Å². The Balaban J connectivity index is 1.77. The molecule has 0 unspecified atom stereocenters. The Bertz CT molecular complexity index is 1820. The minimum absolute atomic E-state index is 0.0590. The number of aromatic nitrogens is 2. The van der Waals surface area contributed by atoms with Gasteiger partial charge in [-0.25, -0.2) is 13.1 Å². The Hall–Kier alpha value is -4.96. The lowest BCUT2D eigenvalue weighted by atomic mass is 10.1. The molecule has 238 valence electrons. The number of ether oxygens (including phenoxy) is 2. The van der Waals surface area contributed by atoms with Crippen molar-refractivity contribution in [3.8, 4) is 23.1 Å². The summed E-state index contributed by atoms with van der Waals surface area (Å²) in [7, 11) is -2.81. The molecule has 3 aromatic carbocycles. The van der Waals surface area contributed by atoms with Gasteiger partial charge in [0.2, 0.25) is 15.9 Å². The van der Waals surface area contributed by atoms with E-state index in [-0.39, 0.29) is 41.5 Å². The van der Waals surface area contributed by atoms with Crippen LogP contribution >= 0.6 is 0 Å². The first-order valence-electron chi connectivity index (χ1n) is 13.4. The third kappa shape index (κ3) is 7.58. The first-order chi connectivity index (χ1) is 21.2. The van der Waals surface area contributed by atoms with Crippen LogP contribution in [-0.2, 0) is 22.7 Å². The number of carbonyl (C=O) groups is 1. The summed E-state index contributed by atoms with van der Waals surface area (Å²) in [6.07, 6.45) is -4.11. The number of halogens is 3. The summed E-state index contributed by atoms with van der Waals surface area (Å²) < 4.78 is 80.5. The van der Waals surface area contributed by atoms with Crippen LogP contribution in [-0.4, -0.2) is 42.7 Å². The second-order valence-corrected chi connectivity index (χ2v) is 11.4. The van der Waals surface area contributed by atoms with Crippen molar-refractivity contribution in [1.82, 2.24) is 19.8 Å². The topological polar surface area (TPSA) is 155 Å². The van der Waals surface area contributed by atoms with Crippen molar-refractivity contribution in [3.05, 3.63) is 99.2 Å². The lowest BCUT2D eigenvalue weighted by Crippen LogP contribution is -2.25. The van der Waals surface area contributed by atoms with E-state index in [2.05, 4.69) is 15.1 Å². The molecule has 0 fully saturated rings. The van der Waals surface area contributed by atoms with Crippen LogP contribution in [0.3, 0.4) is 0 Å². The van der Waals surface area contributed by atoms with Gasteiger partial charge in [0.1, 0.15) is 16.4 Å². The van der Waals surface area contributed by atoms with Crippen molar-refractivity contribution < 1.29 is 40.8 Å². The van der Waals surface area contributed by atoms with Crippen LogP contribution in [0, 0.1) is 17.0 Å². The molecule has 12 nitrogen and oxygen atoms in total. The summed E-state index contributed by atoms with van der Waals surface area (Å²) in [4.78, 5) is 23.5. The molecule has 1 aromatic heterocycles. The molecule has 45 heavy (non-hydrogen) atoms. The highest BCUT2D eigenvalue weighted by Crippen LogP contribution is 2.36. The third-order valence-electron chi connectivity index (χ3n) is 6.48. The van der Waals surface area contributed by atoms with Crippen LogP contribution in [0.4, 0.5) is 18.9 Å². The number of hydrogen-bond acceptors (Lipinski definition) is 8. The van der Waals surface area contributed by atoms with Crippen molar-refractivity contribution in [2.24, 2.45) is 0 Å². The predicted octanol–water partition coefficient (Wildman–Crippen LogP) is 5.53. The molecule has 0 spiro atoms. The maximum absolute atomic E-state index is 13.3. The smallest absolute Gasteiger partial charge is 0.416 e. The lowest BCUT2D eigenvalue weighted by molar-refractivity contribution is -0.385. The van der Waals surface area contributed by atoms with Gasteiger partial charge in [-0.3, -0.25) is 14.9 Å². The van der Waals surface area contributed by atoms with E-state index in [0.29, 0.717) is 17.9 Å². The summed E-state index contributed by atoms with van der Waals surface area (Å²) in [6, 6.07) is 14.0. The number of nitro benzene ring substituents is 1. The summed E-state index contributed by atoms with van der Waals surface area (Å²) >= 11 is 0. The molecule has 1 heterocycles. The van der Waals surface area contributed by atoms with E-state index in [4.69, 9.17) is 9.47 Å². The van der Waals surface area contributed by atoms with E-state index in [0.717, 1.165) is 30.3 Å². The maximum atomic E-state index is 13.3. The highest BCUT2D eigenvalue weighted by molar-refractivity contribution is 7.89. The van der Waals surface area contributed by atoms with Crippen molar-refractivity contribution in [2.45, 2.75) is 37.9 Å². The second-order valence-electron chi connectivity index (χ2n) is 9.66. The molecular formula is C29H28F3N5O7S. The zero-order valence-electron chi connectivity index (χ0n) is 24.2. The molecule has 1 amide bonds. The normalized spacial score (nSPS) is 11.7. The monoisotopic (exact) mass is 647 g/mol. The number of methoxy groups -OCH3 is 1. The summed E-state index contributed by atoms with van der Waals surface area (Å²) in [5.41, 5.74) is -0.802. The van der Waals surface area contributed by atoms with Gasteiger partial charge in [0.15, 0.2) is 5.69 Å². The van der Waals surface area contributed by atoms with Crippen LogP contribution in [0.5, 0.6) is 17.4 Å². The number of benzene rings is 3. The lowest BCUT2D eigenvalue weighted by Gasteiger charge is -2.14.